The van der Waals surface area contributed by atoms with Crippen LogP contribution >= 0.6 is 34.5 Å². The average Bonchev–Trinajstić information content (AvgIpc) is 2.75. The maximum Gasteiger partial charge on any atom is 0.341 e. The maximum atomic E-state index is 12.6. The van der Waals surface area contributed by atoms with Gasteiger partial charge < -0.3 is 10.1 Å². The molecule has 4 nitrogen and oxygen atoms in total. The fraction of sp³-hybridized carbons (Fsp3) is 0.333. The van der Waals surface area contributed by atoms with Gasteiger partial charge in [-0.25, -0.2) is 4.79 Å². The third kappa shape index (κ3) is 3.84. The van der Waals surface area contributed by atoms with Crippen LogP contribution in [0.15, 0.2) is 18.2 Å². The van der Waals surface area contributed by atoms with Crippen molar-refractivity contribution in [1.82, 2.24) is 0 Å². The van der Waals surface area contributed by atoms with Crippen LogP contribution in [-0.2, 0) is 17.6 Å². The molecule has 1 aliphatic carbocycles. The molecule has 0 aliphatic heterocycles. The minimum atomic E-state index is -0.420. The fourth-order valence-electron chi connectivity index (χ4n) is 2.99. The number of ether oxygens (including phenoxy) is 1. The number of fused-ring (bicyclic) bond motifs is 1. The monoisotopic (exact) mass is 397 g/mol. The lowest BCUT2D eigenvalue weighted by Crippen LogP contribution is -2.15. The number of benzene rings is 1. The SMILES string of the molecule is COC(=O)c1c(NC(=O)c2ccc(Cl)cc2Cl)sc2c1CCCCC2. The second-order valence-corrected chi connectivity index (χ2v) is 7.79. The quantitative estimate of drug-likeness (QED) is 0.559. The van der Waals surface area contributed by atoms with Crippen LogP contribution in [0.1, 0.15) is 50.4 Å². The second-order valence-electron chi connectivity index (χ2n) is 5.84. The molecule has 0 radical (unpaired) electrons. The summed E-state index contributed by atoms with van der Waals surface area (Å²) in [7, 11) is 1.35. The Morgan fingerprint density at radius 3 is 2.64 bits per heavy atom. The van der Waals surface area contributed by atoms with Crippen molar-refractivity contribution in [3.8, 4) is 0 Å². The van der Waals surface area contributed by atoms with Crippen LogP contribution in [0.5, 0.6) is 0 Å². The largest absolute Gasteiger partial charge is 0.465 e. The molecule has 7 heteroatoms. The number of thiophene rings is 1. The highest BCUT2D eigenvalue weighted by Gasteiger charge is 2.26. The van der Waals surface area contributed by atoms with E-state index in [-0.39, 0.29) is 10.9 Å². The highest BCUT2D eigenvalue weighted by molar-refractivity contribution is 7.17. The molecule has 25 heavy (non-hydrogen) atoms. The minimum absolute atomic E-state index is 0.266. The van der Waals surface area contributed by atoms with E-state index in [1.54, 1.807) is 12.1 Å². The van der Waals surface area contributed by atoms with Gasteiger partial charge in [-0.1, -0.05) is 29.6 Å². The number of carbonyl (C=O) groups excluding carboxylic acids is 2. The van der Waals surface area contributed by atoms with Gasteiger partial charge in [0.2, 0.25) is 0 Å². The summed E-state index contributed by atoms with van der Waals surface area (Å²) in [5.41, 5.74) is 1.79. The molecular weight excluding hydrogens is 381 g/mol. The maximum absolute atomic E-state index is 12.6. The molecule has 1 N–H and O–H groups in total. The Kier molecular flexibility index (Phi) is 5.67. The highest BCUT2D eigenvalue weighted by Crippen LogP contribution is 2.38. The van der Waals surface area contributed by atoms with Crippen LogP contribution in [0.25, 0.3) is 0 Å². The number of aryl methyl sites for hydroxylation is 1. The van der Waals surface area contributed by atoms with Crippen molar-refractivity contribution < 1.29 is 14.3 Å². The van der Waals surface area contributed by atoms with Crippen LogP contribution in [0, 0.1) is 0 Å². The molecule has 0 atom stereocenters. The van der Waals surface area contributed by atoms with E-state index >= 15 is 0 Å². The van der Waals surface area contributed by atoms with E-state index in [2.05, 4.69) is 5.32 Å². The molecule has 0 saturated carbocycles. The van der Waals surface area contributed by atoms with Gasteiger partial charge >= 0.3 is 5.97 Å². The van der Waals surface area contributed by atoms with E-state index in [0.717, 1.165) is 42.5 Å². The molecule has 0 bridgehead atoms. The van der Waals surface area contributed by atoms with Gasteiger partial charge in [0.1, 0.15) is 5.00 Å². The first-order valence-electron chi connectivity index (χ1n) is 8.00. The predicted molar refractivity (Wildman–Crippen MR) is 101 cm³/mol. The Labute approximate surface area is 160 Å². The number of esters is 1. The number of anilines is 1. The van der Waals surface area contributed by atoms with Crippen molar-refractivity contribution in [3.05, 3.63) is 49.8 Å². The lowest BCUT2D eigenvalue weighted by atomic mass is 10.1. The standard InChI is InChI=1S/C18H17Cl2NO3S/c1-24-18(23)15-12-5-3-2-4-6-14(12)25-17(15)21-16(22)11-8-7-10(19)9-13(11)20/h7-9H,2-6H2,1H3,(H,21,22). The van der Waals surface area contributed by atoms with Crippen LogP contribution in [-0.4, -0.2) is 19.0 Å². The second kappa shape index (κ2) is 7.77. The fourth-order valence-corrected chi connectivity index (χ4v) is 4.76. The number of halogens is 2. The molecule has 0 unspecified atom stereocenters. The molecule has 1 aliphatic rings. The van der Waals surface area contributed by atoms with E-state index < -0.39 is 5.97 Å². The average molecular weight is 398 g/mol. The van der Waals surface area contributed by atoms with Gasteiger partial charge in [-0.15, -0.1) is 11.3 Å². The molecule has 3 rings (SSSR count). The summed E-state index contributed by atoms with van der Waals surface area (Å²) in [5.74, 6) is -0.792. The minimum Gasteiger partial charge on any atom is -0.465 e. The van der Waals surface area contributed by atoms with Crippen molar-refractivity contribution in [1.29, 1.82) is 0 Å². The molecule has 1 heterocycles. The van der Waals surface area contributed by atoms with Crippen LogP contribution in [0.4, 0.5) is 5.00 Å². The number of nitrogens with one attached hydrogen (secondary N) is 1. The Morgan fingerprint density at radius 2 is 1.92 bits per heavy atom. The van der Waals surface area contributed by atoms with Gasteiger partial charge in [0, 0.05) is 9.90 Å². The molecule has 132 valence electrons. The van der Waals surface area contributed by atoms with Gasteiger partial charge in [-0.05, 0) is 49.4 Å². The molecule has 1 aromatic carbocycles. The summed E-state index contributed by atoms with van der Waals surface area (Å²) < 4.78 is 4.94. The number of hydrogen-bond acceptors (Lipinski definition) is 4. The van der Waals surface area contributed by atoms with Crippen LogP contribution in [0.2, 0.25) is 10.0 Å². The van der Waals surface area contributed by atoms with Crippen molar-refractivity contribution in [3.63, 3.8) is 0 Å². The van der Waals surface area contributed by atoms with Crippen LogP contribution < -0.4 is 5.32 Å². The first kappa shape index (κ1) is 18.2. The highest BCUT2D eigenvalue weighted by atomic mass is 35.5. The zero-order valence-electron chi connectivity index (χ0n) is 13.7. The Balaban J connectivity index is 1.96. The number of amides is 1. The van der Waals surface area contributed by atoms with Gasteiger partial charge in [-0.3, -0.25) is 4.79 Å². The molecule has 0 spiro atoms. The Hall–Kier alpha value is -1.56. The molecule has 1 amide bonds. The first-order valence-corrected chi connectivity index (χ1v) is 9.57. The summed E-state index contributed by atoms with van der Waals surface area (Å²) in [6.45, 7) is 0. The summed E-state index contributed by atoms with van der Waals surface area (Å²) in [6.07, 6.45) is 5.01. The van der Waals surface area contributed by atoms with Gasteiger partial charge in [0.15, 0.2) is 0 Å². The van der Waals surface area contributed by atoms with Crippen molar-refractivity contribution in [2.75, 3.05) is 12.4 Å². The Morgan fingerprint density at radius 1 is 1.16 bits per heavy atom. The van der Waals surface area contributed by atoms with E-state index in [4.69, 9.17) is 27.9 Å². The van der Waals surface area contributed by atoms with E-state index in [9.17, 15) is 9.59 Å². The summed E-state index contributed by atoms with van der Waals surface area (Å²) in [6, 6.07) is 4.69. The third-order valence-electron chi connectivity index (χ3n) is 4.21. The summed E-state index contributed by atoms with van der Waals surface area (Å²) in [5, 5.41) is 4.08. The normalized spacial score (nSPS) is 13.7. The van der Waals surface area contributed by atoms with E-state index in [1.807, 2.05) is 0 Å². The van der Waals surface area contributed by atoms with Gasteiger partial charge in [0.25, 0.3) is 5.91 Å². The van der Waals surface area contributed by atoms with Crippen molar-refractivity contribution >= 4 is 51.4 Å². The molecule has 1 aromatic heterocycles. The summed E-state index contributed by atoms with van der Waals surface area (Å²) >= 11 is 13.4. The van der Waals surface area contributed by atoms with Crippen molar-refractivity contribution in [2.45, 2.75) is 32.1 Å². The molecule has 2 aromatic rings. The number of carbonyl (C=O) groups is 2. The summed E-state index contributed by atoms with van der Waals surface area (Å²) in [4.78, 5) is 26.1. The zero-order valence-corrected chi connectivity index (χ0v) is 16.0. The number of rotatable bonds is 3. The predicted octanol–water partition coefficient (Wildman–Crippen LogP) is 5.36. The zero-order chi connectivity index (χ0) is 18.0. The van der Waals surface area contributed by atoms with Gasteiger partial charge in [-0.2, -0.15) is 0 Å². The lowest BCUT2D eigenvalue weighted by Gasteiger charge is -2.08. The van der Waals surface area contributed by atoms with E-state index in [1.165, 1.54) is 24.5 Å². The van der Waals surface area contributed by atoms with E-state index in [0.29, 0.717) is 21.2 Å². The smallest absolute Gasteiger partial charge is 0.341 e. The number of hydrogen-bond donors (Lipinski definition) is 1. The topological polar surface area (TPSA) is 55.4 Å². The van der Waals surface area contributed by atoms with Crippen molar-refractivity contribution in [2.24, 2.45) is 0 Å². The lowest BCUT2D eigenvalue weighted by molar-refractivity contribution is 0.0601. The molecule has 0 fully saturated rings. The van der Waals surface area contributed by atoms with Crippen LogP contribution in [0.3, 0.4) is 0 Å². The van der Waals surface area contributed by atoms with Gasteiger partial charge in [0.05, 0.1) is 23.3 Å². The third-order valence-corrected chi connectivity index (χ3v) is 5.97. The number of methoxy groups -OCH3 is 1. The molecular formula is C18H17Cl2NO3S. The molecule has 0 saturated heterocycles. The Bertz CT molecular complexity index is 832. The first-order chi connectivity index (χ1) is 12.0.